The van der Waals surface area contributed by atoms with Crippen molar-refractivity contribution < 1.29 is 0 Å². The van der Waals surface area contributed by atoms with Gasteiger partial charge in [-0.25, -0.2) is 0 Å². The van der Waals surface area contributed by atoms with Crippen molar-refractivity contribution in [3.63, 3.8) is 0 Å². The van der Waals surface area contributed by atoms with E-state index in [0.717, 1.165) is 5.69 Å². The van der Waals surface area contributed by atoms with Crippen molar-refractivity contribution in [2.45, 2.75) is 38.9 Å². The van der Waals surface area contributed by atoms with E-state index in [1.165, 1.54) is 5.69 Å². The van der Waals surface area contributed by atoms with Gasteiger partial charge in [-0.05, 0) is 46.6 Å². The molecule has 0 aliphatic rings. The molecular formula is C18H24N2OSi. The molecule has 0 aliphatic carbocycles. The summed E-state index contributed by atoms with van der Waals surface area (Å²) in [5.74, 6) is 0. The number of nitrogens with zero attached hydrogens (tertiary/aromatic N) is 2. The molecule has 0 radical (unpaired) electrons. The Morgan fingerprint density at radius 3 is 1.82 bits per heavy atom. The summed E-state index contributed by atoms with van der Waals surface area (Å²) < 4.78 is 2.46. The van der Waals surface area contributed by atoms with Crippen LogP contribution in [0.1, 0.15) is 20.8 Å². The lowest BCUT2D eigenvalue weighted by molar-refractivity contribution is 0.715. The van der Waals surface area contributed by atoms with Crippen LogP contribution in [0.5, 0.6) is 0 Å². The third kappa shape index (κ3) is 3.12. The van der Waals surface area contributed by atoms with E-state index in [4.69, 9.17) is 0 Å². The van der Waals surface area contributed by atoms with Gasteiger partial charge in [0.15, 0.2) is 8.24 Å². The van der Waals surface area contributed by atoms with Crippen molar-refractivity contribution in [1.29, 1.82) is 0 Å². The average Bonchev–Trinajstić information content (AvgIpc) is 2.48. The first-order chi connectivity index (χ1) is 10.3. The smallest absolute Gasteiger partial charge is 0.161 e. The molecule has 0 N–H and O–H groups in total. The van der Waals surface area contributed by atoms with Gasteiger partial charge in [-0.3, -0.25) is 0 Å². The lowest BCUT2D eigenvalue weighted by Crippen LogP contribution is -2.52. The van der Waals surface area contributed by atoms with Gasteiger partial charge in [0.25, 0.3) is 0 Å². The molecule has 116 valence electrons. The molecule has 0 saturated heterocycles. The fourth-order valence-corrected chi connectivity index (χ4v) is 4.63. The molecule has 0 spiro atoms. The normalized spacial score (nSPS) is 12.0. The Morgan fingerprint density at radius 2 is 1.36 bits per heavy atom. The van der Waals surface area contributed by atoms with Crippen molar-refractivity contribution in [3.8, 4) is 0 Å². The Kier molecular flexibility index (Phi) is 4.51. The number of hydrogen-bond donors (Lipinski definition) is 0. The summed E-state index contributed by atoms with van der Waals surface area (Å²) in [5.41, 5.74) is 2.78. The van der Waals surface area contributed by atoms with Gasteiger partial charge in [-0.2, -0.15) is 0 Å². The van der Waals surface area contributed by atoms with E-state index in [1.807, 2.05) is 18.2 Å². The van der Waals surface area contributed by atoms with Crippen molar-refractivity contribution in [2.24, 2.45) is 5.18 Å². The zero-order valence-electron chi connectivity index (χ0n) is 14.0. The van der Waals surface area contributed by atoms with Crippen molar-refractivity contribution >= 4 is 25.3 Å². The first kappa shape index (κ1) is 16.4. The largest absolute Gasteiger partial charge is 0.369 e. The van der Waals surface area contributed by atoms with E-state index in [9.17, 15) is 4.91 Å². The maximum Gasteiger partial charge on any atom is 0.161 e. The first-order valence-corrected chi connectivity index (χ1v) is 10.5. The third-order valence-corrected chi connectivity index (χ3v) is 9.93. The minimum absolute atomic E-state index is 0.199. The molecule has 2 aromatic rings. The molecule has 2 rings (SSSR count). The van der Waals surface area contributed by atoms with E-state index in [2.05, 4.69) is 67.9 Å². The summed E-state index contributed by atoms with van der Waals surface area (Å²) in [7, 11) is -1.82. The molecule has 0 aliphatic heterocycles. The molecule has 0 bridgehead atoms. The topological polar surface area (TPSA) is 32.7 Å². The summed E-state index contributed by atoms with van der Waals surface area (Å²) in [6.07, 6.45) is 0. The molecule has 0 amide bonds. The quantitative estimate of drug-likeness (QED) is 0.495. The zero-order valence-corrected chi connectivity index (χ0v) is 15.0. The summed E-state index contributed by atoms with van der Waals surface area (Å²) in [4.78, 5) is 10.7. The Balaban J connectivity index is 2.57. The van der Waals surface area contributed by atoms with Crippen LogP contribution in [0.25, 0.3) is 0 Å². The van der Waals surface area contributed by atoms with Gasteiger partial charge in [0.1, 0.15) is 5.69 Å². The minimum Gasteiger partial charge on any atom is -0.369 e. The van der Waals surface area contributed by atoms with Crippen LogP contribution >= 0.6 is 0 Å². The van der Waals surface area contributed by atoms with Gasteiger partial charge >= 0.3 is 0 Å². The van der Waals surface area contributed by atoms with Crippen molar-refractivity contribution in [3.05, 3.63) is 59.5 Å². The molecule has 3 nitrogen and oxygen atoms in total. The number of para-hydroxylation sites is 1. The van der Waals surface area contributed by atoms with E-state index in [-0.39, 0.29) is 5.04 Å². The zero-order chi connectivity index (χ0) is 16.4. The molecule has 4 heteroatoms. The Bertz CT molecular complexity index is 630. The lowest BCUT2D eigenvalue weighted by Gasteiger charge is -2.47. The van der Waals surface area contributed by atoms with Crippen molar-refractivity contribution in [1.82, 2.24) is 0 Å². The van der Waals surface area contributed by atoms with Crippen LogP contribution in [0.2, 0.25) is 18.1 Å². The fourth-order valence-electron chi connectivity index (χ4n) is 2.37. The maximum atomic E-state index is 10.7. The Labute approximate surface area is 134 Å². The molecule has 0 aromatic heterocycles. The van der Waals surface area contributed by atoms with E-state index in [0.29, 0.717) is 5.69 Å². The monoisotopic (exact) mass is 312 g/mol. The van der Waals surface area contributed by atoms with E-state index in [1.54, 1.807) is 12.1 Å². The van der Waals surface area contributed by atoms with Gasteiger partial charge in [0.2, 0.25) is 0 Å². The van der Waals surface area contributed by atoms with Crippen LogP contribution in [-0.4, -0.2) is 8.24 Å². The van der Waals surface area contributed by atoms with Crippen LogP contribution in [0, 0.1) is 4.91 Å². The average molecular weight is 312 g/mol. The lowest BCUT2D eigenvalue weighted by atomic mass is 10.2. The number of rotatable bonds is 4. The fraction of sp³-hybridized carbons (Fsp3) is 0.333. The molecule has 22 heavy (non-hydrogen) atoms. The van der Waals surface area contributed by atoms with Crippen LogP contribution in [0.15, 0.2) is 59.8 Å². The van der Waals surface area contributed by atoms with E-state index >= 15 is 0 Å². The Morgan fingerprint density at radius 1 is 0.864 bits per heavy atom. The highest BCUT2D eigenvalue weighted by atomic mass is 28.3. The SMILES string of the molecule is CC(C)(C)[Si](C)(C)N(c1ccccc1)c1ccc(N=O)cc1. The van der Waals surface area contributed by atoms with Gasteiger partial charge in [-0.1, -0.05) is 52.1 Å². The van der Waals surface area contributed by atoms with Crippen molar-refractivity contribution in [2.75, 3.05) is 4.57 Å². The van der Waals surface area contributed by atoms with Crippen LogP contribution in [-0.2, 0) is 0 Å². The summed E-state index contributed by atoms with van der Waals surface area (Å²) >= 11 is 0. The standard InChI is InChI=1S/C18H24N2OSi/c1-18(2,3)22(4,5)20(16-9-7-6-8-10-16)17-13-11-15(19-21)12-14-17/h6-14H,1-5H3. The summed E-state index contributed by atoms with van der Waals surface area (Å²) in [6.45, 7) is 11.7. The van der Waals surface area contributed by atoms with E-state index < -0.39 is 8.24 Å². The molecular weight excluding hydrogens is 288 g/mol. The van der Waals surface area contributed by atoms with Crippen LogP contribution < -0.4 is 4.57 Å². The molecule has 0 fully saturated rings. The first-order valence-electron chi connectivity index (χ1n) is 7.56. The number of nitroso groups, excluding NO2 is 1. The predicted molar refractivity (Wildman–Crippen MR) is 97.7 cm³/mol. The predicted octanol–water partition coefficient (Wildman–Crippen LogP) is 6.23. The number of benzene rings is 2. The van der Waals surface area contributed by atoms with Gasteiger partial charge in [0, 0.05) is 11.4 Å². The number of hydrogen-bond acceptors (Lipinski definition) is 3. The van der Waals surface area contributed by atoms with Gasteiger partial charge < -0.3 is 4.57 Å². The molecule has 2 aromatic carbocycles. The maximum absolute atomic E-state index is 10.7. The summed E-state index contributed by atoms with van der Waals surface area (Å²) in [6, 6.07) is 18.0. The Hall–Kier alpha value is -1.94. The molecule has 0 heterocycles. The second-order valence-corrected chi connectivity index (χ2v) is 12.2. The second kappa shape index (κ2) is 6.05. The highest BCUT2D eigenvalue weighted by Crippen LogP contribution is 2.44. The minimum atomic E-state index is -1.82. The van der Waals surface area contributed by atoms with Gasteiger partial charge in [0.05, 0.1) is 0 Å². The third-order valence-electron chi connectivity index (χ3n) is 4.62. The molecule has 0 unspecified atom stereocenters. The van der Waals surface area contributed by atoms with Crippen LogP contribution in [0.3, 0.4) is 0 Å². The van der Waals surface area contributed by atoms with Gasteiger partial charge in [-0.15, -0.1) is 4.91 Å². The summed E-state index contributed by atoms with van der Waals surface area (Å²) in [5, 5.41) is 3.20. The van der Waals surface area contributed by atoms with Crippen LogP contribution in [0.4, 0.5) is 17.1 Å². The molecule has 0 saturated carbocycles. The highest BCUT2D eigenvalue weighted by molar-refractivity contribution is 6.84. The highest BCUT2D eigenvalue weighted by Gasteiger charge is 2.42. The molecule has 0 atom stereocenters. The second-order valence-electron chi connectivity index (χ2n) is 7.09. The number of anilines is 2.